The SMILES string of the molecule is C[Si](C)(C(C1CCCCN1)C1CCCCN1)N1CCCN2CCCN=C21.[CH3][Tl]([Cl])[Cl]. The van der Waals surface area contributed by atoms with Gasteiger partial charge in [-0.15, -0.1) is 0 Å². The fourth-order valence-corrected chi connectivity index (χ4v) is 10.4. The van der Waals surface area contributed by atoms with Crippen LogP contribution in [-0.2, 0) is 0 Å². The van der Waals surface area contributed by atoms with E-state index in [1.807, 2.05) is 4.48 Å². The number of rotatable bonds is 4. The first-order valence-corrected chi connectivity index (χ1v) is 30.8. The van der Waals surface area contributed by atoms with E-state index in [1.165, 1.54) is 90.0 Å². The second-order valence-corrected chi connectivity index (χ2v) is 31.8. The van der Waals surface area contributed by atoms with E-state index >= 15 is 0 Å². The van der Waals surface area contributed by atoms with Gasteiger partial charge in [0.15, 0.2) is 14.2 Å². The van der Waals surface area contributed by atoms with Crippen LogP contribution in [0.2, 0.25) is 23.1 Å². The molecule has 2 N–H and O–H groups in total. The third kappa shape index (κ3) is 6.71. The van der Waals surface area contributed by atoms with Gasteiger partial charge < -0.3 is 20.1 Å². The summed E-state index contributed by atoms with van der Waals surface area (Å²) in [6.07, 6.45) is 10.8. The van der Waals surface area contributed by atoms with Gasteiger partial charge in [-0.25, -0.2) is 0 Å². The number of halogens is 2. The van der Waals surface area contributed by atoms with E-state index in [1.54, 1.807) is 0 Å². The van der Waals surface area contributed by atoms with Crippen LogP contribution in [0, 0.1) is 0 Å². The second kappa shape index (κ2) is 12.4. The van der Waals surface area contributed by atoms with Crippen molar-refractivity contribution in [2.75, 3.05) is 39.3 Å². The number of aliphatic imine (C=N–C) groups is 1. The van der Waals surface area contributed by atoms with E-state index in [-0.39, 0.29) is 0 Å². The first-order valence-electron chi connectivity index (χ1n) is 12.2. The molecular formula is C21H42Cl2N5SiTl. The van der Waals surface area contributed by atoms with Gasteiger partial charge >= 0.3 is 41.4 Å². The summed E-state index contributed by atoms with van der Waals surface area (Å²) in [4.78, 5) is 7.62. The van der Waals surface area contributed by atoms with Crippen LogP contribution in [0.1, 0.15) is 51.4 Å². The molecular weight excluding hydrogens is 626 g/mol. The Morgan fingerprint density at radius 1 is 0.933 bits per heavy atom. The monoisotopic (exact) mass is 667 g/mol. The Morgan fingerprint density at radius 3 is 2.03 bits per heavy atom. The molecule has 2 unspecified atom stereocenters. The molecule has 0 amide bonds. The molecule has 4 aliphatic rings. The summed E-state index contributed by atoms with van der Waals surface area (Å²) >= 11 is -1.78. The molecule has 0 saturated carbocycles. The number of fused-ring (bicyclic) bond motifs is 1. The van der Waals surface area contributed by atoms with Crippen molar-refractivity contribution < 1.29 is 0 Å². The van der Waals surface area contributed by atoms with Crippen molar-refractivity contribution in [3.63, 3.8) is 0 Å². The van der Waals surface area contributed by atoms with Crippen molar-refractivity contribution in [3.05, 3.63) is 0 Å². The van der Waals surface area contributed by atoms with Crippen LogP contribution in [0.5, 0.6) is 0 Å². The Kier molecular flexibility index (Phi) is 10.5. The van der Waals surface area contributed by atoms with E-state index in [0.29, 0.717) is 12.1 Å². The van der Waals surface area contributed by atoms with Gasteiger partial charge in [-0.2, -0.15) is 0 Å². The molecule has 0 radical (unpaired) electrons. The average molecular weight is 668 g/mol. The summed E-state index contributed by atoms with van der Waals surface area (Å²) in [5.41, 5.74) is 0.771. The van der Waals surface area contributed by atoms with Gasteiger partial charge in [-0.05, 0) is 51.6 Å². The molecule has 4 rings (SSSR count). The normalized spacial score (nSPS) is 28.6. The molecule has 30 heavy (non-hydrogen) atoms. The van der Waals surface area contributed by atoms with Crippen molar-refractivity contribution in [1.82, 2.24) is 20.1 Å². The molecule has 3 saturated heterocycles. The number of guanidine groups is 1. The third-order valence-corrected chi connectivity index (χ3v) is 11.5. The summed E-state index contributed by atoms with van der Waals surface area (Å²) < 4.78 is 4.75. The molecule has 0 aromatic rings. The quantitative estimate of drug-likeness (QED) is 0.442. The Balaban J connectivity index is 0.000000589. The maximum absolute atomic E-state index is 5.26. The molecule has 0 aliphatic carbocycles. The number of nitrogens with zero attached hydrogens (tertiary/aromatic N) is 3. The molecule has 4 aliphatic heterocycles. The predicted octanol–water partition coefficient (Wildman–Crippen LogP) is 4.20. The fourth-order valence-electron chi connectivity index (χ4n) is 5.99. The van der Waals surface area contributed by atoms with Gasteiger partial charge in [0.1, 0.15) is 0 Å². The summed E-state index contributed by atoms with van der Waals surface area (Å²) in [5.74, 6) is 1.36. The summed E-state index contributed by atoms with van der Waals surface area (Å²) in [6, 6.07) is 1.39. The topological polar surface area (TPSA) is 42.9 Å². The minimum atomic E-state index is -1.78. The number of nitrogens with one attached hydrogen (secondary N) is 2. The summed E-state index contributed by atoms with van der Waals surface area (Å²) in [5, 5.41) is 7.90. The average Bonchev–Trinajstić information content (AvgIpc) is 2.74. The molecule has 0 aromatic heterocycles. The predicted molar refractivity (Wildman–Crippen MR) is 136 cm³/mol. The zero-order valence-electron chi connectivity index (χ0n) is 19.3. The van der Waals surface area contributed by atoms with Gasteiger partial charge in [-0.1, -0.05) is 25.9 Å². The first-order chi connectivity index (χ1) is 14.4. The van der Waals surface area contributed by atoms with E-state index in [4.69, 9.17) is 21.6 Å². The molecule has 0 aromatic carbocycles. The van der Waals surface area contributed by atoms with E-state index in [2.05, 4.69) is 33.2 Å². The zero-order chi connectivity index (χ0) is 21.6. The van der Waals surface area contributed by atoms with Crippen LogP contribution in [0.15, 0.2) is 4.99 Å². The van der Waals surface area contributed by atoms with Crippen LogP contribution in [0.3, 0.4) is 0 Å². The molecule has 0 bridgehead atoms. The standard InChI is InChI=1S/C20H39N5Si.CH3.2ClH.Tl/c1-26(2,25-16-8-15-24-14-7-13-23-20(24)25)19(17-9-3-5-11-21-17)18-10-4-6-12-22-18;;;;/h17-19,21-22H,3-16H2,1-2H3;1H3;2*1H;/q;;;;+2/p-2. The fraction of sp³-hybridized carbons (Fsp3) is 0.952. The van der Waals surface area contributed by atoms with Crippen LogP contribution in [0.25, 0.3) is 0 Å². The van der Waals surface area contributed by atoms with E-state index in [0.717, 1.165) is 12.1 Å². The van der Waals surface area contributed by atoms with Crippen LogP contribution in [-0.4, -0.2) is 95.3 Å². The maximum atomic E-state index is 5.26. The van der Waals surface area contributed by atoms with Gasteiger partial charge in [-0.3, -0.25) is 4.99 Å². The van der Waals surface area contributed by atoms with Crippen LogP contribution >= 0.6 is 16.6 Å². The minimum absolute atomic E-state index is 0.695. The number of piperidine rings is 2. The molecule has 172 valence electrons. The molecule has 5 nitrogen and oxygen atoms in total. The van der Waals surface area contributed by atoms with Crippen molar-refractivity contribution in [3.8, 4) is 0 Å². The molecule has 4 heterocycles. The summed E-state index contributed by atoms with van der Waals surface area (Å²) in [7, 11) is 8.85. The van der Waals surface area contributed by atoms with Crippen LogP contribution in [0.4, 0.5) is 0 Å². The third-order valence-electron chi connectivity index (χ3n) is 7.25. The number of hydrogen-bond donors (Lipinski definition) is 2. The van der Waals surface area contributed by atoms with Gasteiger partial charge in [0.25, 0.3) is 0 Å². The van der Waals surface area contributed by atoms with Crippen molar-refractivity contribution in [2.45, 2.75) is 86.6 Å². The summed E-state index contributed by atoms with van der Waals surface area (Å²) in [6.45, 7) is 12.4. The molecule has 0 spiro atoms. The van der Waals surface area contributed by atoms with E-state index < -0.39 is 28.5 Å². The Labute approximate surface area is 200 Å². The number of hydrogen-bond acceptors (Lipinski definition) is 5. The van der Waals surface area contributed by atoms with Gasteiger partial charge in [0.2, 0.25) is 0 Å². The van der Waals surface area contributed by atoms with Crippen molar-refractivity contribution in [1.29, 1.82) is 0 Å². The Bertz CT molecular complexity index is 533. The molecule has 9 heteroatoms. The molecule has 3 fully saturated rings. The van der Waals surface area contributed by atoms with Gasteiger partial charge in [0, 0.05) is 43.8 Å². The Morgan fingerprint density at radius 2 is 1.50 bits per heavy atom. The zero-order valence-corrected chi connectivity index (χ0v) is 26.3. The van der Waals surface area contributed by atoms with Crippen molar-refractivity contribution in [2.24, 2.45) is 4.99 Å². The molecule has 2 atom stereocenters. The first kappa shape index (κ1) is 25.5. The van der Waals surface area contributed by atoms with Gasteiger partial charge in [0.05, 0.1) is 0 Å². The Hall–Kier alpha value is 0.909. The van der Waals surface area contributed by atoms with Crippen molar-refractivity contribution >= 4 is 51.1 Å². The van der Waals surface area contributed by atoms with Crippen LogP contribution < -0.4 is 10.6 Å². The second-order valence-electron chi connectivity index (χ2n) is 9.84. The van der Waals surface area contributed by atoms with E-state index in [9.17, 15) is 0 Å².